The lowest BCUT2D eigenvalue weighted by Crippen LogP contribution is -2.45. The highest BCUT2D eigenvalue weighted by atomic mass is 32.2. The number of hydrogen-bond acceptors (Lipinski definition) is 3. The summed E-state index contributed by atoms with van der Waals surface area (Å²) in [6, 6.07) is 0. The van der Waals surface area contributed by atoms with Gasteiger partial charge < -0.3 is 4.90 Å². The minimum Gasteiger partial charge on any atom is -0.342 e. The highest BCUT2D eigenvalue weighted by molar-refractivity contribution is 8.08. The van der Waals surface area contributed by atoms with E-state index in [0.29, 0.717) is 5.91 Å². The first-order chi connectivity index (χ1) is 9.55. The number of nitrogens with one attached hydrogen (secondary N) is 1. The summed E-state index contributed by atoms with van der Waals surface area (Å²) in [6.45, 7) is 6.31. The van der Waals surface area contributed by atoms with Crippen LogP contribution in [0, 0.1) is 11.3 Å². The van der Waals surface area contributed by atoms with Crippen molar-refractivity contribution in [2.75, 3.05) is 18.8 Å². The average molecular weight is 291 g/mol. The molecule has 0 bridgehead atoms. The maximum atomic E-state index is 12.6. The van der Waals surface area contributed by atoms with E-state index >= 15 is 0 Å². The van der Waals surface area contributed by atoms with Crippen LogP contribution in [-0.4, -0.2) is 39.8 Å². The van der Waals surface area contributed by atoms with Crippen LogP contribution in [0.1, 0.15) is 32.3 Å². The number of carbonyl (C=O) groups is 1. The standard InChI is InChI=1S/C15H21N3OS/c1-15(2)4-3-5-18(10-15)14(19)11-6-13(20-9-11)12-7-16-17-8-12/h6-8,11H,3-5,9-10H2,1-2H3,(H,16,17). The molecule has 1 fully saturated rings. The molecule has 1 aromatic heterocycles. The van der Waals surface area contributed by atoms with Crippen LogP contribution >= 0.6 is 11.8 Å². The SMILES string of the molecule is CC1(C)CCCN(C(=O)C2C=C(c3cn[nH]c3)SC2)C1. The Hall–Kier alpha value is -1.23. The van der Waals surface area contributed by atoms with Crippen LogP contribution in [0.15, 0.2) is 18.5 Å². The molecule has 0 radical (unpaired) electrons. The lowest BCUT2D eigenvalue weighted by molar-refractivity contribution is -0.136. The monoisotopic (exact) mass is 291 g/mol. The fourth-order valence-corrected chi connectivity index (χ4v) is 4.15. The highest BCUT2D eigenvalue weighted by Gasteiger charge is 2.33. The maximum Gasteiger partial charge on any atom is 0.230 e. The van der Waals surface area contributed by atoms with E-state index in [1.807, 2.05) is 12.4 Å². The second kappa shape index (κ2) is 5.28. The van der Waals surface area contributed by atoms with Gasteiger partial charge in [-0.1, -0.05) is 19.9 Å². The van der Waals surface area contributed by atoms with Crippen LogP contribution in [0.4, 0.5) is 0 Å². The zero-order valence-electron chi connectivity index (χ0n) is 12.1. The lowest BCUT2D eigenvalue weighted by atomic mass is 9.84. The summed E-state index contributed by atoms with van der Waals surface area (Å²) in [5, 5.41) is 6.80. The first kappa shape index (κ1) is 13.7. The third-order valence-corrected chi connectivity index (χ3v) is 5.29. The molecule has 5 heteroatoms. The molecule has 0 saturated carbocycles. The van der Waals surface area contributed by atoms with Gasteiger partial charge in [0.1, 0.15) is 0 Å². The molecule has 1 unspecified atom stereocenters. The smallest absolute Gasteiger partial charge is 0.230 e. The second-order valence-electron chi connectivity index (χ2n) is 6.46. The fraction of sp³-hybridized carbons (Fsp3) is 0.600. The van der Waals surface area contributed by atoms with Gasteiger partial charge in [-0.15, -0.1) is 11.8 Å². The van der Waals surface area contributed by atoms with E-state index in [-0.39, 0.29) is 11.3 Å². The van der Waals surface area contributed by atoms with Gasteiger partial charge in [-0.25, -0.2) is 0 Å². The number of carbonyl (C=O) groups excluding carboxylic acids is 1. The molecule has 4 nitrogen and oxygen atoms in total. The van der Waals surface area contributed by atoms with Crippen molar-refractivity contribution in [2.45, 2.75) is 26.7 Å². The number of nitrogens with zero attached hydrogens (tertiary/aromatic N) is 2. The number of thioether (sulfide) groups is 1. The number of aromatic amines is 1. The van der Waals surface area contributed by atoms with Crippen molar-refractivity contribution in [3.8, 4) is 0 Å². The zero-order chi connectivity index (χ0) is 14.2. The number of H-pyrrole nitrogens is 1. The molecule has 1 aromatic rings. The Balaban J connectivity index is 1.69. The topological polar surface area (TPSA) is 49.0 Å². The van der Waals surface area contributed by atoms with Gasteiger partial charge in [0.2, 0.25) is 5.91 Å². The van der Waals surface area contributed by atoms with Gasteiger partial charge in [-0.2, -0.15) is 5.10 Å². The summed E-state index contributed by atoms with van der Waals surface area (Å²) in [4.78, 5) is 15.9. The summed E-state index contributed by atoms with van der Waals surface area (Å²) in [5.74, 6) is 1.18. The van der Waals surface area contributed by atoms with Crippen molar-refractivity contribution >= 4 is 22.6 Å². The van der Waals surface area contributed by atoms with Gasteiger partial charge >= 0.3 is 0 Å². The van der Waals surface area contributed by atoms with E-state index in [4.69, 9.17) is 0 Å². The summed E-state index contributed by atoms with van der Waals surface area (Å²) < 4.78 is 0. The number of rotatable bonds is 2. The minimum atomic E-state index is 0.0267. The molecule has 0 aliphatic carbocycles. The van der Waals surface area contributed by atoms with Crippen molar-refractivity contribution in [2.24, 2.45) is 11.3 Å². The molecule has 108 valence electrons. The molecule has 2 aliphatic heterocycles. The van der Waals surface area contributed by atoms with E-state index in [2.05, 4.69) is 35.0 Å². The van der Waals surface area contributed by atoms with Crippen molar-refractivity contribution in [1.82, 2.24) is 15.1 Å². The molecular formula is C15H21N3OS. The van der Waals surface area contributed by atoms with Crippen LogP contribution in [0.2, 0.25) is 0 Å². The van der Waals surface area contributed by atoms with Gasteiger partial charge in [-0.05, 0) is 18.3 Å². The summed E-state index contributed by atoms with van der Waals surface area (Å²) in [5.41, 5.74) is 1.35. The molecule has 1 N–H and O–H groups in total. The Labute approximate surface area is 124 Å². The lowest BCUT2D eigenvalue weighted by Gasteiger charge is -2.38. The third-order valence-electron chi connectivity index (χ3n) is 4.08. The molecule has 3 rings (SSSR count). The first-order valence-electron chi connectivity index (χ1n) is 7.18. The van der Waals surface area contributed by atoms with E-state index in [1.54, 1.807) is 11.8 Å². The third kappa shape index (κ3) is 2.77. The van der Waals surface area contributed by atoms with E-state index in [1.165, 1.54) is 11.3 Å². The number of piperidine rings is 1. The van der Waals surface area contributed by atoms with E-state index in [9.17, 15) is 4.79 Å². The normalized spacial score (nSPS) is 25.6. The van der Waals surface area contributed by atoms with Crippen LogP contribution in [-0.2, 0) is 4.79 Å². The summed E-state index contributed by atoms with van der Waals surface area (Å²) in [6.07, 6.45) is 8.15. The molecule has 2 aliphatic rings. The molecule has 0 spiro atoms. The van der Waals surface area contributed by atoms with Crippen LogP contribution in [0.3, 0.4) is 0 Å². The summed E-state index contributed by atoms with van der Waals surface area (Å²) in [7, 11) is 0. The van der Waals surface area contributed by atoms with Crippen LogP contribution < -0.4 is 0 Å². The number of amides is 1. The Morgan fingerprint density at radius 2 is 2.40 bits per heavy atom. The zero-order valence-corrected chi connectivity index (χ0v) is 12.9. The van der Waals surface area contributed by atoms with E-state index in [0.717, 1.165) is 30.8 Å². The minimum absolute atomic E-state index is 0.0267. The van der Waals surface area contributed by atoms with Crippen LogP contribution in [0.25, 0.3) is 4.91 Å². The Bertz CT molecular complexity index is 521. The van der Waals surface area contributed by atoms with E-state index < -0.39 is 0 Å². The number of aromatic nitrogens is 2. The average Bonchev–Trinajstić information content (AvgIpc) is 3.07. The van der Waals surface area contributed by atoms with Crippen molar-refractivity contribution in [1.29, 1.82) is 0 Å². The van der Waals surface area contributed by atoms with Crippen molar-refractivity contribution < 1.29 is 4.79 Å². The molecule has 0 aromatic carbocycles. The first-order valence-corrected chi connectivity index (χ1v) is 8.16. The van der Waals surface area contributed by atoms with Crippen LogP contribution in [0.5, 0.6) is 0 Å². The van der Waals surface area contributed by atoms with Gasteiger partial charge in [0.15, 0.2) is 0 Å². The molecule has 1 atom stereocenters. The second-order valence-corrected chi connectivity index (χ2v) is 7.52. The predicted molar refractivity (Wildman–Crippen MR) is 82.1 cm³/mol. The highest BCUT2D eigenvalue weighted by Crippen LogP contribution is 2.38. The van der Waals surface area contributed by atoms with Gasteiger partial charge in [0.05, 0.1) is 12.1 Å². The quantitative estimate of drug-likeness (QED) is 0.911. The predicted octanol–water partition coefficient (Wildman–Crippen LogP) is 2.76. The molecule has 1 saturated heterocycles. The molecule has 1 amide bonds. The van der Waals surface area contributed by atoms with Crippen molar-refractivity contribution in [3.05, 3.63) is 24.0 Å². The fourth-order valence-electron chi connectivity index (χ4n) is 3.01. The maximum absolute atomic E-state index is 12.6. The number of hydrogen-bond donors (Lipinski definition) is 1. The van der Waals surface area contributed by atoms with Crippen molar-refractivity contribution in [3.63, 3.8) is 0 Å². The molecular weight excluding hydrogens is 270 g/mol. The number of likely N-dealkylation sites (tertiary alicyclic amines) is 1. The van der Waals surface area contributed by atoms with Gasteiger partial charge in [-0.3, -0.25) is 9.89 Å². The Morgan fingerprint density at radius 3 is 3.10 bits per heavy atom. The molecule has 3 heterocycles. The largest absolute Gasteiger partial charge is 0.342 e. The Kier molecular flexibility index (Phi) is 3.63. The molecule has 20 heavy (non-hydrogen) atoms. The van der Waals surface area contributed by atoms with Gasteiger partial charge in [0.25, 0.3) is 0 Å². The Morgan fingerprint density at radius 1 is 1.55 bits per heavy atom. The summed E-state index contributed by atoms with van der Waals surface area (Å²) >= 11 is 1.75. The van der Waals surface area contributed by atoms with Gasteiger partial charge in [0, 0.05) is 35.5 Å².